The SMILES string of the molecule is CCc1cc(Br)ccc1NCc1cnc2cnc(Br)cn12. The van der Waals surface area contributed by atoms with Crippen LogP contribution in [0.3, 0.4) is 0 Å². The third-order valence-corrected chi connectivity index (χ3v) is 4.25. The summed E-state index contributed by atoms with van der Waals surface area (Å²) in [6, 6.07) is 6.30. The van der Waals surface area contributed by atoms with Gasteiger partial charge in [-0.1, -0.05) is 22.9 Å². The van der Waals surface area contributed by atoms with Crippen molar-refractivity contribution >= 4 is 43.2 Å². The van der Waals surface area contributed by atoms with Crippen molar-refractivity contribution in [2.45, 2.75) is 19.9 Å². The van der Waals surface area contributed by atoms with Crippen LogP contribution in [0.1, 0.15) is 18.2 Å². The summed E-state index contributed by atoms with van der Waals surface area (Å²) < 4.78 is 3.94. The van der Waals surface area contributed by atoms with Gasteiger partial charge in [0.2, 0.25) is 0 Å². The second-order valence-electron chi connectivity index (χ2n) is 4.70. The number of fused-ring (bicyclic) bond motifs is 1. The second-order valence-corrected chi connectivity index (χ2v) is 6.42. The number of nitrogens with zero attached hydrogens (tertiary/aromatic N) is 3. The Labute approximate surface area is 139 Å². The predicted octanol–water partition coefficient (Wildman–Crippen LogP) is 4.43. The normalized spacial score (nSPS) is 11.0. The molecule has 3 aromatic rings. The quantitative estimate of drug-likeness (QED) is 0.693. The van der Waals surface area contributed by atoms with Gasteiger partial charge in [0.1, 0.15) is 4.60 Å². The number of imidazole rings is 1. The van der Waals surface area contributed by atoms with Crippen molar-refractivity contribution in [2.75, 3.05) is 5.32 Å². The fourth-order valence-corrected chi connectivity index (χ4v) is 2.98. The molecule has 0 bridgehead atoms. The number of benzene rings is 1. The smallest absolute Gasteiger partial charge is 0.155 e. The maximum absolute atomic E-state index is 4.36. The zero-order valence-corrected chi connectivity index (χ0v) is 14.6. The maximum atomic E-state index is 4.36. The number of aromatic nitrogens is 3. The van der Waals surface area contributed by atoms with Crippen LogP contribution in [0.15, 0.2) is 45.9 Å². The fraction of sp³-hybridized carbons (Fsp3) is 0.200. The first-order chi connectivity index (χ1) is 10.2. The molecular formula is C15H14Br2N4. The van der Waals surface area contributed by atoms with Crippen LogP contribution in [0.5, 0.6) is 0 Å². The third kappa shape index (κ3) is 3.11. The highest BCUT2D eigenvalue weighted by atomic mass is 79.9. The van der Waals surface area contributed by atoms with Crippen LogP contribution < -0.4 is 5.32 Å². The van der Waals surface area contributed by atoms with Crippen LogP contribution in [-0.4, -0.2) is 14.4 Å². The van der Waals surface area contributed by atoms with E-state index in [-0.39, 0.29) is 0 Å². The molecular weight excluding hydrogens is 396 g/mol. The fourth-order valence-electron chi connectivity index (χ4n) is 2.26. The topological polar surface area (TPSA) is 42.2 Å². The minimum atomic E-state index is 0.715. The van der Waals surface area contributed by atoms with Crippen LogP contribution >= 0.6 is 31.9 Å². The van der Waals surface area contributed by atoms with Crippen LogP contribution in [0.25, 0.3) is 5.65 Å². The molecule has 0 amide bonds. The van der Waals surface area contributed by atoms with Crippen molar-refractivity contribution in [3.05, 3.63) is 57.1 Å². The molecule has 108 valence electrons. The Morgan fingerprint density at radius 3 is 2.86 bits per heavy atom. The Kier molecular flexibility index (Phi) is 4.26. The zero-order valence-electron chi connectivity index (χ0n) is 11.5. The van der Waals surface area contributed by atoms with Crippen molar-refractivity contribution in [3.63, 3.8) is 0 Å². The van der Waals surface area contributed by atoms with E-state index in [2.05, 4.69) is 72.3 Å². The highest BCUT2D eigenvalue weighted by Gasteiger charge is 2.06. The van der Waals surface area contributed by atoms with Gasteiger partial charge in [0, 0.05) is 16.4 Å². The van der Waals surface area contributed by atoms with Crippen molar-refractivity contribution in [1.29, 1.82) is 0 Å². The van der Waals surface area contributed by atoms with Crippen LogP contribution in [0.2, 0.25) is 0 Å². The first kappa shape index (κ1) is 14.5. The van der Waals surface area contributed by atoms with Gasteiger partial charge >= 0.3 is 0 Å². The number of anilines is 1. The number of nitrogens with one attached hydrogen (secondary N) is 1. The second kappa shape index (κ2) is 6.15. The molecule has 21 heavy (non-hydrogen) atoms. The summed E-state index contributed by atoms with van der Waals surface area (Å²) in [4.78, 5) is 8.54. The van der Waals surface area contributed by atoms with Crippen molar-refractivity contribution < 1.29 is 0 Å². The van der Waals surface area contributed by atoms with E-state index in [9.17, 15) is 0 Å². The summed E-state index contributed by atoms with van der Waals surface area (Å²) >= 11 is 6.91. The molecule has 2 aromatic heterocycles. The maximum Gasteiger partial charge on any atom is 0.155 e. The molecule has 4 nitrogen and oxygen atoms in total. The highest BCUT2D eigenvalue weighted by molar-refractivity contribution is 9.10. The molecule has 1 aromatic carbocycles. The summed E-state index contributed by atoms with van der Waals surface area (Å²) in [6.07, 6.45) is 6.55. The Bertz CT molecular complexity index is 782. The van der Waals surface area contributed by atoms with Crippen molar-refractivity contribution in [1.82, 2.24) is 14.4 Å². The minimum Gasteiger partial charge on any atom is -0.379 e. The van der Waals surface area contributed by atoms with Crippen LogP contribution in [0.4, 0.5) is 5.69 Å². The van der Waals surface area contributed by atoms with E-state index >= 15 is 0 Å². The molecule has 6 heteroatoms. The van der Waals surface area contributed by atoms with Gasteiger partial charge in [0.15, 0.2) is 5.65 Å². The Hall–Kier alpha value is -1.40. The first-order valence-corrected chi connectivity index (χ1v) is 8.25. The molecule has 1 N–H and O–H groups in total. The summed E-state index contributed by atoms with van der Waals surface area (Å²) in [5.41, 5.74) is 4.39. The third-order valence-electron chi connectivity index (χ3n) is 3.35. The molecule has 0 fully saturated rings. The monoisotopic (exact) mass is 408 g/mol. The van der Waals surface area contributed by atoms with Gasteiger partial charge in [0.25, 0.3) is 0 Å². The van der Waals surface area contributed by atoms with Gasteiger partial charge in [0.05, 0.1) is 24.6 Å². The number of halogens is 2. The molecule has 0 saturated heterocycles. The average Bonchev–Trinajstić information content (AvgIpc) is 2.88. The summed E-state index contributed by atoms with van der Waals surface area (Å²) in [5.74, 6) is 0. The molecule has 3 rings (SSSR count). The van der Waals surface area contributed by atoms with Gasteiger partial charge in [-0.25, -0.2) is 9.97 Å². The molecule has 2 heterocycles. The lowest BCUT2D eigenvalue weighted by Crippen LogP contribution is -2.05. The minimum absolute atomic E-state index is 0.715. The molecule has 0 aliphatic heterocycles. The number of rotatable bonds is 4. The Morgan fingerprint density at radius 1 is 1.19 bits per heavy atom. The summed E-state index contributed by atoms with van der Waals surface area (Å²) in [5, 5.41) is 3.49. The van der Waals surface area contributed by atoms with E-state index in [4.69, 9.17) is 0 Å². The average molecular weight is 410 g/mol. The molecule has 0 atom stereocenters. The lowest BCUT2D eigenvalue weighted by molar-refractivity contribution is 0.977. The van der Waals surface area contributed by atoms with E-state index in [0.717, 1.165) is 32.5 Å². The van der Waals surface area contributed by atoms with E-state index in [0.29, 0.717) is 6.54 Å². The van der Waals surface area contributed by atoms with Crippen molar-refractivity contribution in [3.8, 4) is 0 Å². The van der Waals surface area contributed by atoms with Gasteiger partial charge in [-0.05, 0) is 46.1 Å². The van der Waals surface area contributed by atoms with Crippen LogP contribution in [0, 0.1) is 0 Å². The van der Waals surface area contributed by atoms with E-state index in [1.165, 1.54) is 5.56 Å². The summed E-state index contributed by atoms with van der Waals surface area (Å²) in [6.45, 7) is 2.87. The highest BCUT2D eigenvalue weighted by Crippen LogP contribution is 2.22. The molecule has 0 spiro atoms. The number of aryl methyl sites for hydroxylation is 1. The standard InChI is InChI=1S/C15H14Br2N4/c1-2-10-5-11(16)3-4-13(10)18-6-12-7-20-15-8-19-14(17)9-21(12)15/h3-5,7-9,18H,2,6H2,1H3. The van der Waals surface area contributed by atoms with Gasteiger partial charge < -0.3 is 5.32 Å². The van der Waals surface area contributed by atoms with Gasteiger partial charge in [-0.3, -0.25) is 4.40 Å². The summed E-state index contributed by atoms with van der Waals surface area (Å²) in [7, 11) is 0. The van der Waals surface area contributed by atoms with Gasteiger partial charge in [-0.2, -0.15) is 0 Å². The van der Waals surface area contributed by atoms with Crippen LogP contribution in [-0.2, 0) is 13.0 Å². The molecule has 0 saturated carbocycles. The Balaban J connectivity index is 1.85. The molecule has 0 aliphatic rings. The largest absolute Gasteiger partial charge is 0.379 e. The van der Waals surface area contributed by atoms with E-state index < -0.39 is 0 Å². The lowest BCUT2D eigenvalue weighted by Gasteiger charge is -2.11. The van der Waals surface area contributed by atoms with E-state index in [1.54, 1.807) is 6.20 Å². The molecule has 0 unspecified atom stereocenters. The molecule has 0 radical (unpaired) electrons. The van der Waals surface area contributed by atoms with Gasteiger partial charge in [-0.15, -0.1) is 0 Å². The van der Waals surface area contributed by atoms with E-state index in [1.807, 2.05) is 16.8 Å². The van der Waals surface area contributed by atoms with Crippen molar-refractivity contribution in [2.24, 2.45) is 0 Å². The number of hydrogen-bond acceptors (Lipinski definition) is 3. The predicted molar refractivity (Wildman–Crippen MR) is 91.5 cm³/mol. The zero-order chi connectivity index (χ0) is 14.8. The molecule has 0 aliphatic carbocycles. The lowest BCUT2D eigenvalue weighted by atomic mass is 10.1. The first-order valence-electron chi connectivity index (χ1n) is 6.67. The number of hydrogen-bond donors (Lipinski definition) is 1. The Morgan fingerprint density at radius 2 is 2.05 bits per heavy atom.